The van der Waals surface area contributed by atoms with Crippen LogP contribution in [0.25, 0.3) is 0 Å². The molecule has 0 spiro atoms. The van der Waals surface area contributed by atoms with Gasteiger partial charge in [0.25, 0.3) is 0 Å². The molecular weight excluding hydrogens is 184 g/mol. The molecule has 0 saturated carbocycles. The zero-order valence-corrected chi connectivity index (χ0v) is 8.69. The number of carboxylic acid groups (broad SMARTS) is 1. The van der Waals surface area contributed by atoms with E-state index in [1.54, 1.807) is 13.8 Å². The first-order valence-corrected chi connectivity index (χ1v) is 5.03. The predicted molar refractivity (Wildman–Crippen MR) is 51.0 cm³/mol. The number of ether oxygens (including phenoxy) is 1. The van der Waals surface area contributed by atoms with Gasteiger partial charge in [0.05, 0.1) is 0 Å². The molecule has 82 valence electrons. The average molecular weight is 202 g/mol. The Balaban J connectivity index is 2.80. The summed E-state index contributed by atoms with van der Waals surface area (Å²) in [4.78, 5) is 11.1. The zero-order valence-electron chi connectivity index (χ0n) is 8.69. The lowest BCUT2D eigenvalue weighted by molar-refractivity contribution is -0.176. The van der Waals surface area contributed by atoms with E-state index >= 15 is 0 Å². The minimum Gasteiger partial charge on any atom is -0.479 e. The van der Waals surface area contributed by atoms with Crippen molar-refractivity contribution in [1.29, 1.82) is 0 Å². The second-order valence-corrected chi connectivity index (χ2v) is 4.17. The monoisotopic (exact) mass is 202 g/mol. The Hall–Kier alpha value is -0.610. The molecule has 0 radical (unpaired) electrons. The lowest BCUT2D eigenvalue weighted by atomic mass is 9.75. The summed E-state index contributed by atoms with van der Waals surface area (Å²) in [7, 11) is 0. The molecule has 4 heteroatoms. The minimum atomic E-state index is -1.59. The van der Waals surface area contributed by atoms with Crippen molar-refractivity contribution in [3.63, 3.8) is 0 Å². The first kappa shape index (κ1) is 11.5. The van der Waals surface area contributed by atoms with Crippen LogP contribution in [0.3, 0.4) is 0 Å². The fourth-order valence-electron chi connectivity index (χ4n) is 2.03. The number of carbonyl (C=O) groups is 1. The Morgan fingerprint density at radius 2 is 1.93 bits per heavy atom. The molecule has 1 aliphatic heterocycles. The van der Waals surface area contributed by atoms with E-state index in [0.29, 0.717) is 26.1 Å². The van der Waals surface area contributed by atoms with E-state index in [0.717, 1.165) is 0 Å². The van der Waals surface area contributed by atoms with Gasteiger partial charge in [0, 0.05) is 19.1 Å². The molecule has 4 nitrogen and oxygen atoms in total. The molecule has 0 bridgehead atoms. The summed E-state index contributed by atoms with van der Waals surface area (Å²) in [6, 6.07) is 0. The Bertz CT molecular complexity index is 208. The molecule has 14 heavy (non-hydrogen) atoms. The Kier molecular flexibility index (Phi) is 3.50. The number of carboxylic acids is 1. The van der Waals surface area contributed by atoms with Crippen LogP contribution in [-0.4, -0.2) is 35.0 Å². The van der Waals surface area contributed by atoms with E-state index in [4.69, 9.17) is 9.84 Å². The third-order valence-corrected chi connectivity index (χ3v) is 3.07. The second kappa shape index (κ2) is 4.28. The van der Waals surface area contributed by atoms with Gasteiger partial charge >= 0.3 is 5.97 Å². The van der Waals surface area contributed by atoms with Crippen LogP contribution in [0.4, 0.5) is 0 Å². The van der Waals surface area contributed by atoms with Gasteiger partial charge in [-0.1, -0.05) is 13.8 Å². The molecule has 1 atom stereocenters. The van der Waals surface area contributed by atoms with Crippen molar-refractivity contribution >= 4 is 5.97 Å². The quantitative estimate of drug-likeness (QED) is 0.713. The van der Waals surface area contributed by atoms with Gasteiger partial charge in [-0.25, -0.2) is 4.79 Å². The first-order valence-electron chi connectivity index (χ1n) is 5.03. The number of hydrogen-bond acceptors (Lipinski definition) is 3. The van der Waals surface area contributed by atoms with Gasteiger partial charge in [0.1, 0.15) is 0 Å². The zero-order chi connectivity index (χ0) is 10.8. The highest BCUT2D eigenvalue weighted by molar-refractivity contribution is 5.78. The normalized spacial score (nSPS) is 23.4. The number of hydrogen-bond donors (Lipinski definition) is 2. The van der Waals surface area contributed by atoms with Crippen LogP contribution >= 0.6 is 0 Å². The predicted octanol–water partition coefficient (Wildman–Crippen LogP) is 0.885. The molecule has 1 saturated heterocycles. The summed E-state index contributed by atoms with van der Waals surface area (Å²) < 4.78 is 5.15. The van der Waals surface area contributed by atoms with Gasteiger partial charge in [-0.2, -0.15) is 0 Å². The number of aliphatic hydroxyl groups is 1. The van der Waals surface area contributed by atoms with E-state index < -0.39 is 11.6 Å². The van der Waals surface area contributed by atoms with Crippen LogP contribution < -0.4 is 0 Å². The molecular formula is C10H18O4. The molecule has 1 heterocycles. The second-order valence-electron chi connectivity index (χ2n) is 4.17. The van der Waals surface area contributed by atoms with Crippen LogP contribution in [0.15, 0.2) is 0 Å². The number of aliphatic carboxylic acids is 1. The standard InChI is InChI=1S/C10H18O4/c1-7(2)10(13,9(11)12)8-3-5-14-6-4-8/h7-8,13H,3-6H2,1-2H3,(H,11,12). The summed E-state index contributed by atoms with van der Waals surface area (Å²) in [5, 5.41) is 19.2. The van der Waals surface area contributed by atoms with Gasteiger partial charge in [0.2, 0.25) is 0 Å². The molecule has 1 unspecified atom stereocenters. The third-order valence-electron chi connectivity index (χ3n) is 3.07. The van der Waals surface area contributed by atoms with Crippen molar-refractivity contribution in [2.75, 3.05) is 13.2 Å². The van der Waals surface area contributed by atoms with E-state index in [1.165, 1.54) is 0 Å². The van der Waals surface area contributed by atoms with Crippen molar-refractivity contribution < 1.29 is 19.7 Å². The first-order chi connectivity index (χ1) is 6.49. The number of rotatable bonds is 3. The molecule has 1 aliphatic rings. The van der Waals surface area contributed by atoms with E-state index in [-0.39, 0.29) is 11.8 Å². The highest BCUT2D eigenvalue weighted by Gasteiger charge is 2.46. The maximum atomic E-state index is 11.1. The van der Waals surface area contributed by atoms with Crippen LogP contribution in [0.2, 0.25) is 0 Å². The molecule has 0 aromatic heterocycles. The lowest BCUT2D eigenvalue weighted by Gasteiger charge is -2.37. The van der Waals surface area contributed by atoms with Gasteiger partial charge in [-0.15, -0.1) is 0 Å². The van der Waals surface area contributed by atoms with Gasteiger partial charge < -0.3 is 14.9 Å². The summed E-state index contributed by atoms with van der Waals surface area (Å²) in [6.45, 7) is 4.58. The molecule has 0 aromatic carbocycles. The average Bonchev–Trinajstić information content (AvgIpc) is 2.17. The van der Waals surface area contributed by atoms with Crippen LogP contribution in [0, 0.1) is 11.8 Å². The van der Waals surface area contributed by atoms with Crippen molar-refractivity contribution in [3.05, 3.63) is 0 Å². The van der Waals surface area contributed by atoms with Crippen LogP contribution in [0.1, 0.15) is 26.7 Å². The fraction of sp³-hybridized carbons (Fsp3) is 0.900. The SMILES string of the molecule is CC(C)C(O)(C(=O)O)C1CCOCC1. The Labute approximate surface area is 83.9 Å². The topological polar surface area (TPSA) is 66.8 Å². The minimum absolute atomic E-state index is 0.186. The molecule has 1 fully saturated rings. The van der Waals surface area contributed by atoms with Crippen molar-refractivity contribution in [1.82, 2.24) is 0 Å². The third kappa shape index (κ3) is 1.91. The Morgan fingerprint density at radius 1 is 1.43 bits per heavy atom. The smallest absolute Gasteiger partial charge is 0.336 e. The lowest BCUT2D eigenvalue weighted by Crippen LogP contribution is -2.51. The van der Waals surface area contributed by atoms with Crippen molar-refractivity contribution in [2.45, 2.75) is 32.3 Å². The van der Waals surface area contributed by atoms with E-state index in [2.05, 4.69) is 0 Å². The summed E-state index contributed by atoms with van der Waals surface area (Å²) in [5.74, 6) is -1.57. The molecule has 2 N–H and O–H groups in total. The van der Waals surface area contributed by atoms with E-state index in [1.807, 2.05) is 0 Å². The largest absolute Gasteiger partial charge is 0.479 e. The van der Waals surface area contributed by atoms with Crippen molar-refractivity contribution in [2.24, 2.45) is 11.8 Å². The molecule has 0 aliphatic carbocycles. The fourth-order valence-corrected chi connectivity index (χ4v) is 2.03. The summed E-state index contributed by atoms with van der Waals surface area (Å²) in [5.41, 5.74) is -1.59. The maximum absolute atomic E-state index is 11.1. The van der Waals surface area contributed by atoms with Gasteiger partial charge in [-0.05, 0) is 18.8 Å². The maximum Gasteiger partial charge on any atom is 0.336 e. The van der Waals surface area contributed by atoms with Gasteiger partial charge in [-0.3, -0.25) is 0 Å². The Morgan fingerprint density at radius 3 is 2.29 bits per heavy atom. The van der Waals surface area contributed by atoms with Crippen molar-refractivity contribution in [3.8, 4) is 0 Å². The molecule has 0 amide bonds. The van der Waals surface area contributed by atoms with E-state index in [9.17, 15) is 9.90 Å². The molecule has 1 rings (SSSR count). The highest BCUT2D eigenvalue weighted by Crippen LogP contribution is 2.33. The summed E-state index contributed by atoms with van der Waals surface area (Å²) >= 11 is 0. The molecule has 0 aromatic rings. The van der Waals surface area contributed by atoms with Crippen LogP contribution in [0.5, 0.6) is 0 Å². The highest BCUT2D eigenvalue weighted by atomic mass is 16.5. The van der Waals surface area contributed by atoms with Crippen LogP contribution in [-0.2, 0) is 9.53 Å². The summed E-state index contributed by atoms with van der Waals surface area (Å²) in [6.07, 6.45) is 1.25. The van der Waals surface area contributed by atoms with Gasteiger partial charge in [0.15, 0.2) is 5.60 Å².